The van der Waals surface area contributed by atoms with Gasteiger partial charge < -0.3 is 15.3 Å². The van der Waals surface area contributed by atoms with Crippen molar-refractivity contribution in [2.75, 3.05) is 31.1 Å². The van der Waals surface area contributed by atoms with Crippen LogP contribution in [-0.2, 0) is 6.54 Å². The van der Waals surface area contributed by atoms with E-state index in [9.17, 15) is 0 Å². The molecule has 0 aromatic carbocycles. The number of hydrogen-bond acceptors (Lipinski definition) is 5. The van der Waals surface area contributed by atoms with Crippen molar-refractivity contribution in [3.8, 4) is 0 Å². The first-order valence-electron chi connectivity index (χ1n) is 7.54. The molecule has 1 aromatic heterocycles. The molecule has 1 rings (SSSR count). The van der Waals surface area contributed by atoms with E-state index < -0.39 is 0 Å². The summed E-state index contributed by atoms with van der Waals surface area (Å²) in [6.45, 7) is 9.93. The lowest BCUT2D eigenvalue weighted by molar-refractivity contribution is 0.301. The third-order valence-electron chi connectivity index (χ3n) is 3.01. The fourth-order valence-corrected chi connectivity index (χ4v) is 1.89. The zero-order valence-electron chi connectivity index (χ0n) is 13.0. The molecule has 2 N–H and O–H groups in total. The molecule has 0 saturated heterocycles. The highest BCUT2D eigenvalue weighted by atomic mass is 16.3. The fraction of sp³-hybridized carbons (Fsp3) is 0.733. The van der Waals surface area contributed by atoms with Crippen LogP contribution in [0.4, 0.5) is 5.95 Å². The quantitative estimate of drug-likeness (QED) is 0.684. The Morgan fingerprint density at radius 3 is 2.50 bits per heavy atom. The van der Waals surface area contributed by atoms with E-state index in [1.165, 1.54) is 0 Å². The summed E-state index contributed by atoms with van der Waals surface area (Å²) in [5.74, 6) is 1.35. The minimum Gasteiger partial charge on any atom is -0.395 e. The summed E-state index contributed by atoms with van der Waals surface area (Å²) < 4.78 is 0. The molecule has 0 saturated carbocycles. The van der Waals surface area contributed by atoms with Gasteiger partial charge in [0, 0.05) is 37.6 Å². The third kappa shape index (κ3) is 6.30. The van der Waals surface area contributed by atoms with E-state index in [2.05, 4.69) is 36.1 Å². The maximum Gasteiger partial charge on any atom is 0.225 e. The van der Waals surface area contributed by atoms with E-state index in [1.54, 1.807) is 0 Å². The third-order valence-corrected chi connectivity index (χ3v) is 3.01. The highest BCUT2D eigenvalue weighted by Crippen LogP contribution is 2.08. The molecule has 114 valence electrons. The minimum atomic E-state index is 0.130. The summed E-state index contributed by atoms with van der Waals surface area (Å²) in [6, 6.07) is 0. The Bertz CT molecular complexity index is 353. The Hall–Kier alpha value is -1.20. The molecule has 20 heavy (non-hydrogen) atoms. The summed E-state index contributed by atoms with van der Waals surface area (Å²) in [6.07, 6.45) is 5.94. The summed E-state index contributed by atoms with van der Waals surface area (Å²) in [7, 11) is 0. The summed E-state index contributed by atoms with van der Waals surface area (Å²) in [5, 5.41) is 12.5. The predicted octanol–water partition coefficient (Wildman–Crippen LogP) is 1.82. The van der Waals surface area contributed by atoms with Gasteiger partial charge in [-0.15, -0.1) is 0 Å². The molecular weight excluding hydrogens is 252 g/mol. The molecule has 0 unspecified atom stereocenters. The van der Waals surface area contributed by atoms with Gasteiger partial charge in [0.1, 0.15) is 0 Å². The van der Waals surface area contributed by atoms with E-state index in [4.69, 9.17) is 5.11 Å². The number of rotatable bonds is 10. The Labute approximate surface area is 122 Å². The van der Waals surface area contributed by atoms with Gasteiger partial charge in [0.25, 0.3) is 0 Å². The van der Waals surface area contributed by atoms with E-state index in [-0.39, 0.29) is 6.61 Å². The molecule has 0 aliphatic heterocycles. The normalized spacial score (nSPS) is 11.1. The average Bonchev–Trinajstić information content (AvgIpc) is 2.44. The number of nitrogens with zero attached hydrogens (tertiary/aromatic N) is 3. The first-order chi connectivity index (χ1) is 9.67. The van der Waals surface area contributed by atoms with Crippen LogP contribution in [0, 0.1) is 5.92 Å². The zero-order chi connectivity index (χ0) is 14.8. The van der Waals surface area contributed by atoms with Gasteiger partial charge in [-0.25, -0.2) is 9.97 Å². The zero-order valence-corrected chi connectivity index (χ0v) is 13.0. The number of anilines is 1. The number of hydrogen-bond donors (Lipinski definition) is 2. The Morgan fingerprint density at radius 1 is 1.25 bits per heavy atom. The van der Waals surface area contributed by atoms with Crippen LogP contribution < -0.4 is 10.2 Å². The summed E-state index contributed by atoms with van der Waals surface area (Å²) >= 11 is 0. The molecule has 0 fully saturated rings. The Morgan fingerprint density at radius 2 is 1.95 bits per heavy atom. The molecule has 1 heterocycles. The molecular formula is C15H28N4O. The second-order valence-electron chi connectivity index (χ2n) is 5.48. The van der Waals surface area contributed by atoms with Gasteiger partial charge in [-0.05, 0) is 18.9 Å². The largest absolute Gasteiger partial charge is 0.395 e. The average molecular weight is 280 g/mol. The molecule has 0 spiro atoms. The van der Waals surface area contributed by atoms with Crippen LogP contribution in [0.15, 0.2) is 12.4 Å². The molecule has 0 radical (unpaired) electrons. The number of aliphatic hydroxyl groups is 1. The molecule has 0 atom stereocenters. The van der Waals surface area contributed by atoms with Gasteiger partial charge >= 0.3 is 0 Å². The van der Waals surface area contributed by atoms with Crippen LogP contribution in [0.5, 0.6) is 0 Å². The van der Waals surface area contributed by atoms with Crippen molar-refractivity contribution in [3.63, 3.8) is 0 Å². The molecule has 5 nitrogen and oxygen atoms in total. The molecule has 0 aliphatic carbocycles. The lowest BCUT2D eigenvalue weighted by atomic mass is 10.2. The van der Waals surface area contributed by atoms with Crippen LogP contribution >= 0.6 is 0 Å². The fourth-order valence-electron chi connectivity index (χ4n) is 1.89. The Balaban J connectivity index is 2.53. The summed E-state index contributed by atoms with van der Waals surface area (Å²) in [4.78, 5) is 10.9. The maximum atomic E-state index is 9.11. The molecule has 0 amide bonds. The van der Waals surface area contributed by atoms with Crippen LogP contribution in [-0.4, -0.2) is 41.3 Å². The summed E-state index contributed by atoms with van der Waals surface area (Å²) in [5.41, 5.74) is 1.09. The minimum absolute atomic E-state index is 0.130. The predicted molar refractivity (Wildman–Crippen MR) is 82.8 cm³/mol. The number of unbranched alkanes of at least 4 members (excludes halogenated alkanes) is 1. The van der Waals surface area contributed by atoms with Crippen molar-refractivity contribution >= 4 is 5.95 Å². The van der Waals surface area contributed by atoms with Crippen molar-refractivity contribution in [2.24, 2.45) is 5.92 Å². The smallest absolute Gasteiger partial charge is 0.225 e. The van der Waals surface area contributed by atoms with Gasteiger partial charge in [-0.2, -0.15) is 0 Å². The van der Waals surface area contributed by atoms with Crippen LogP contribution in [0.3, 0.4) is 0 Å². The van der Waals surface area contributed by atoms with Gasteiger partial charge in [0.05, 0.1) is 6.61 Å². The van der Waals surface area contributed by atoms with Crippen molar-refractivity contribution in [3.05, 3.63) is 18.0 Å². The number of aromatic nitrogens is 2. The monoisotopic (exact) mass is 280 g/mol. The van der Waals surface area contributed by atoms with E-state index >= 15 is 0 Å². The second kappa shape index (κ2) is 9.66. The van der Waals surface area contributed by atoms with Crippen molar-refractivity contribution in [2.45, 2.75) is 40.2 Å². The standard InChI is InChI=1S/C15H28N4O/c1-4-5-6-19(7-8-20)15-17-11-14(12-18-15)10-16-9-13(2)3/h11-13,16,20H,4-10H2,1-3H3. The Kier molecular flexibility index (Phi) is 8.14. The van der Waals surface area contributed by atoms with Crippen LogP contribution in [0.1, 0.15) is 39.2 Å². The van der Waals surface area contributed by atoms with Crippen molar-refractivity contribution in [1.82, 2.24) is 15.3 Å². The molecule has 0 bridgehead atoms. The highest BCUT2D eigenvalue weighted by molar-refractivity contribution is 5.29. The van der Waals surface area contributed by atoms with Gasteiger partial charge in [0.2, 0.25) is 5.95 Å². The van der Waals surface area contributed by atoms with Gasteiger partial charge in [-0.3, -0.25) is 0 Å². The van der Waals surface area contributed by atoms with E-state index in [1.807, 2.05) is 17.3 Å². The van der Waals surface area contributed by atoms with Crippen molar-refractivity contribution < 1.29 is 5.11 Å². The number of aliphatic hydroxyl groups excluding tert-OH is 1. The van der Waals surface area contributed by atoms with Gasteiger partial charge in [0.15, 0.2) is 0 Å². The van der Waals surface area contributed by atoms with Crippen LogP contribution in [0.25, 0.3) is 0 Å². The second-order valence-corrected chi connectivity index (χ2v) is 5.48. The van der Waals surface area contributed by atoms with E-state index in [0.717, 1.165) is 38.0 Å². The highest BCUT2D eigenvalue weighted by Gasteiger charge is 2.08. The first-order valence-corrected chi connectivity index (χ1v) is 7.54. The first kappa shape index (κ1) is 16.9. The van der Waals surface area contributed by atoms with Crippen molar-refractivity contribution in [1.29, 1.82) is 0 Å². The molecule has 1 aromatic rings. The van der Waals surface area contributed by atoms with Gasteiger partial charge in [-0.1, -0.05) is 27.2 Å². The van der Waals surface area contributed by atoms with Crippen LogP contribution in [0.2, 0.25) is 0 Å². The maximum absolute atomic E-state index is 9.11. The lowest BCUT2D eigenvalue weighted by Gasteiger charge is -2.21. The SMILES string of the molecule is CCCCN(CCO)c1ncc(CNCC(C)C)cn1. The number of nitrogens with one attached hydrogen (secondary N) is 1. The van der Waals surface area contributed by atoms with E-state index in [0.29, 0.717) is 18.4 Å². The topological polar surface area (TPSA) is 61.3 Å². The molecule has 5 heteroatoms. The lowest BCUT2D eigenvalue weighted by Crippen LogP contribution is -2.29. The molecule has 0 aliphatic rings.